The maximum absolute atomic E-state index is 13.3. The molecule has 1 atom stereocenters. The van der Waals surface area contributed by atoms with Crippen LogP contribution < -0.4 is 5.32 Å². The Balaban J connectivity index is 2.41. The number of rotatable bonds is 5. The fraction of sp³-hybridized carbons (Fsp3) is 0.333. The Hall–Kier alpha value is -0.420. The number of aryl methyl sites for hydroxylation is 1. The van der Waals surface area contributed by atoms with Crippen LogP contribution >= 0.6 is 38.9 Å². The zero-order valence-corrected chi connectivity index (χ0v) is 14.5. The summed E-state index contributed by atoms with van der Waals surface area (Å²) in [6.07, 6.45) is 1.04. The number of nitrogens with one attached hydrogen (secondary N) is 1. The van der Waals surface area contributed by atoms with Crippen molar-refractivity contribution in [1.29, 1.82) is 0 Å². The standard InChI is InChI=1S/C15H16BrClFNS/c1-3-6-19-14(13-7-9(2)15(17)20-13)11-5-4-10(18)8-12(11)16/h4-5,7-8,14,19H,3,6H2,1-2H3. The smallest absolute Gasteiger partial charge is 0.124 e. The van der Waals surface area contributed by atoms with Crippen LogP contribution in [-0.4, -0.2) is 6.54 Å². The van der Waals surface area contributed by atoms with Gasteiger partial charge < -0.3 is 5.32 Å². The van der Waals surface area contributed by atoms with E-state index in [9.17, 15) is 4.39 Å². The summed E-state index contributed by atoms with van der Waals surface area (Å²) in [5.74, 6) is -0.241. The van der Waals surface area contributed by atoms with Gasteiger partial charge in [-0.3, -0.25) is 0 Å². The minimum Gasteiger partial charge on any atom is -0.306 e. The summed E-state index contributed by atoms with van der Waals surface area (Å²) in [6.45, 7) is 5.01. The van der Waals surface area contributed by atoms with E-state index in [1.165, 1.54) is 12.1 Å². The van der Waals surface area contributed by atoms with Crippen molar-refractivity contribution in [1.82, 2.24) is 5.32 Å². The van der Waals surface area contributed by atoms with Crippen molar-refractivity contribution >= 4 is 38.9 Å². The summed E-state index contributed by atoms with van der Waals surface area (Å²) in [4.78, 5) is 1.15. The number of benzene rings is 1. The van der Waals surface area contributed by atoms with Crippen LogP contribution in [0.25, 0.3) is 0 Å². The molecule has 2 aromatic rings. The Labute approximate surface area is 136 Å². The van der Waals surface area contributed by atoms with Gasteiger partial charge in [0.15, 0.2) is 0 Å². The summed E-state index contributed by atoms with van der Waals surface area (Å²) in [7, 11) is 0. The zero-order chi connectivity index (χ0) is 14.7. The molecule has 1 nitrogen and oxygen atoms in total. The molecule has 1 aromatic carbocycles. The lowest BCUT2D eigenvalue weighted by Crippen LogP contribution is -2.22. The molecule has 5 heteroatoms. The van der Waals surface area contributed by atoms with E-state index in [4.69, 9.17) is 11.6 Å². The van der Waals surface area contributed by atoms with E-state index in [-0.39, 0.29) is 11.9 Å². The van der Waals surface area contributed by atoms with Crippen molar-refractivity contribution < 1.29 is 4.39 Å². The number of hydrogen-bond acceptors (Lipinski definition) is 2. The second kappa shape index (κ2) is 7.03. The summed E-state index contributed by atoms with van der Waals surface area (Å²) < 4.78 is 14.8. The Morgan fingerprint density at radius 1 is 1.40 bits per heavy atom. The van der Waals surface area contributed by atoms with Gasteiger partial charge in [-0.15, -0.1) is 11.3 Å². The van der Waals surface area contributed by atoms with Crippen molar-refractivity contribution in [3.63, 3.8) is 0 Å². The largest absolute Gasteiger partial charge is 0.306 e. The summed E-state index contributed by atoms with van der Waals surface area (Å²) in [5.41, 5.74) is 2.10. The van der Waals surface area contributed by atoms with E-state index in [0.29, 0.717) is 0 Å². The van der Waals surface area contributed by atoms with Crippen LogP contribution in [0.2, 0.25) is 4.34 Å². The van der Waals surface area contributed by atoms with Gasteiger partial charge in [0.05, 0.1) is 10.4 Å². The lowest BCUT2D eigenvalue weighted by atomic mass is 10.0. The molecule has 0 saturated carbocycles. The fourth-order valence-corrected chi connectivity index (χ4v) is 3.91. The molecule has 0 aliphatic carbocycles. The highest BCUT2D eigenvalue weighted by molar-refractivity contribution is 9.10. The highest BCUT2D eigenvalue weighted by Gasteiger charge is 2.19. The van der Waals surface area contributed by atoms with Gasteiger partial charge in [0, 0.05) is 9.35 Å². The lowest BCUT2D eigenvalue weighted by molar-refractivity contribution is 0.596. The minimum atomic E-state index is -0.241. The highest BCUT2D eigenvalue weighted by Crippen LogP contribution is 2.36. The molecule has 0 spiro atoms. The van der Waals surface area contributed by atoms with Crippen molar-refractivity contribution in [2.45, 2.75) is 26.3 Å². The van der Waals surface area contributed by atoms with Crippen LogP contribution in [0.3, 0.4) is 0 Å². The van der Waals surface area contributed by atoms with Gasteiger partial charge in [-0.25, -0.2) is 4.39 Å². The molecular weight excluding hydrogens is 361 g/mol. The first kappa shape index (κ1) is 16.0. The predicted octanol–water partition coefficient (Wildman–Crippen LogP) is 5.70. The SMILES string of the molecule is CCCNC(c1cc(C)c(Cl)s1)c1ccc(F)cc1Br. The van der Waals surface area contributed by atoms with Crippen molar-refractivity contribution in [2.75, 3.05) is 6.54 Å². The van der Waals surface area contributed by atoms with Crippen LogP contribution in [0.1, 0.15) is 35.4 Å². The molecule has 0 fully saturated rings. The molecule has 0 aliphatic rings. The van der Waals surface area contributed by atoms with E-state index in [2.05, 4.69) is 34.2 Å². The summed E-state index contributed by atoms with van der Waals surface area (Å²) in [6, 6.07) is 6.92. The fourth-order valence-electron chi connectivity index (χ4n) is 2.01. The quantitative estimate of drug-likeness (QED) is 0.705. The van der Waals surface area contributed by atoms with E-state index in [1.54, 1.807) is 11.3 Å². The molecule has 0 amide bonds. The minimum absolute atomic E-state index is 0.0288. The first-order chi connectivity index (χ1) is 9.52. The molecule has 1 heterocycles. The van der Waals surface area contributed by atoms with Gasteiger partial charge in [0.1, 0.15) is 5.82 Å². The number of hydrogen-bond donors (Lipinski definition) is 1. The normalized spacial score (nSPS) is 12.7. The molecule has 1 aromatic heterocycles. The average Bonchev–Trinajstić information content (AvgIpc) is 2.72. The highest BCUT2D eigenvalue weighted by atomic mass is 79.9. The maximum atomic E-state index is 13.3. The number of halogens is 3. The average molecular weight is 377 g/mol. The van der Waals surface area contributed by atoms with Crippen molar-refractivity contribution in [3.05, 3.63) is 54.9 Å². The zero-order valence-electron chi connectivity index (χ0n) is 11.3. The van der Waals surface area contributed by atoms with Gasteiger partial charge in [0.25, 0.3) is 0 Å². The first-order valence-electron chi connectivity index (χ1n) is 6.47. The third-order valence-corrected chi connectivity index (χ3v) is 5.34. The Morgan fingerprint density at radius 2 is 2.15 bits per heavy atom. The molecular formula is C15H16BrClFNS. The molecule has 108 valence electrons. The second-order valence-corrected chi connectivity index (χ2v) is 7.20. The van der Waals surface area contributed by atoms with Crippen LogP contribution in [-0.2, 0) is 0 Å². The topological polar surface area (TPSA) is 12.0 Å². The van der Waals surface area contributed by atoms with Gasteiger partial charge in [-0.05, 0) is 49.2 Å². The Bertz CT molecular complexity index is 580. The van der Waals surface area contributed by atoms with Crippen LogP contribution in [0, 0.1) is 12.7 Å². The molecule has 1 N–H and O–H groups in total. The molecule has 1 unspecified atom stereocenters. The lowest BCUT2D eigenvalue weighted by Gasteiger charge is -2.19. The van der Waals surface area contributed by atoms with E-state index < -0.39 is 0 Å². The number of thiophene rings is 1. The molecule has 20 heavy (non-hydrogen) atoms. The van der Waals surface area contributed by atoms with Crippen LogP contribution in [0.4, 0.5) is 4.39 Å². The monoisotopic (exact) mass is 375 g/mol. The molecule has 0 saturated heterocycles. The van der Waals surface area contributed by atoms with Crippen LogP contribution in [0.5, 0.6) is 0 Å². The maximum Gasteiger partial charge on any atom is 0.124 e. The third kappa shape index (κ3) is 3.61. The summed E-state index contributed by atoms with van der Waals surface area (Å²) in [5, 5.41) is 3.50. The van der Waals surface area contributed by atoms with E-state index in [0.717, 1.165) is 37.8 Å². The van der Waals surface area contributed by atoms with E-state index in [1.807, 2.05) is 13.0 Å². The predicted molar refractivity (Wildman–Crippen MR) is 88.3 cm³/mol. The Morgan fingerprint density at radius 3 is 2.70 bits per heavy atom. The molecule has 0 aliphatic heterocycles. The molecule has 0 bridgehead atoms. The first-order valence-corrected chi connectivity index (χ1v) is 8.45. The third-order valence-electron chi connectivity index (χ3n) is 3.03. The Kier molecular flexibility index (Phi) is 5.61. The van der Waals surface area contributed by atoms with Crippen LogP contribution in [0.15, 0.2) is 28.7 Å². The van der Waals surface area contributed by atoms with E-state index >= 15 is 0 Å². The van der Waals surface area contributed by atoms with Gasteiger partial charge in [-0.1, -0.05) is 40.5 Å². The molecule has 0 radical (unpaired) electrons. The second-order valence-electron chi connectivity index (χ2n) is 4.66. The molecule has 2 rings (SSSR count). The van der Waals surface area contributed by atoms with Gasteiger partial charge in [0.2, 0.25) is 0 Å². The van der Waals surface area contributed by atoms with Gasteiger partial charge in [-0.2, -0.15) is 0 Å². The summed E-state index contributed by atoms with van der Waals surface area (Å²) >= 11 is 11.2. The van der Waals surface area contributed by atoms with Crippen molar-refractivity contribution in [2.24, 2.45) is 0 Å². The van der Waals surface area contributed by atoms with Crippen molar-refractivity contribution in [3.8, 4) is 0 Å². The van der Waals surface area contributed by atoms with Gasteiger partial charge >= 0.3 is 0 Å².